The van der Waals surface area contributed by atoms with Gasteiger partial charge in [-0.15, -0.1) is 0 Å². The van der Waals surface area contributed by atoms with E-state index >= 15 is 0 Å². The van der Waals surface area contributed by atoms with Gasteiger partial charge in [0.1, 0.15) is 6.61 Å². The lowest BCUT2D eigenvalue weighted by molar-refractivity contribution is 0.108. The summed E-state index contributed by atoms with van der Waals surface area (Å²) >= 11 is 0. The SMILES string of the molecule is CCOCCOc1ccc(CNCC(C)C)c(C)n1. The summed E-state index contributed by atoms with van der Waals surface area (Å²) in [4.78, 5) is 4.45. The Balaban J connectivity index is 2.40. The van der Waals surface area contributed by atoms with Gasteiger partial charge in [-0.05, 0) is 31.9 Å². The molecule has 0 spiro atoms. The average Bonchev–Trinajstić information content (AvgIpc) is 2.37. The Hall–Kier alpha value is -1.13. The Morgan fingerprint density at radius 1 is 1.26 bits per heavy atom. The molecule has 4 nitrogen and oxygen atoms in total. The van der Waals surface area contributed by atoms with Crippen LogP contribution in [-0.4, -0.2) is 31.3 Å². The van der Waals surface area contributed by atoms with E-state index < -0.39 is 0 Å². The minimum Gasteiger partial charge on any atom is -0.475 e. The van der Waals surface area contributed by atoms with Crippen molar-refractivity contribution >= 4 is 0 Å². The van der Waals surface area contributed by atoms with Gasteiger partial charge in [-0.3, -0.25) is 0 Å². The maximum Gasteiger partial charge on any atom is 0.213 e. The predicted molar refractivity (Wildman–Crippen MR) is 77.5 cm³/mol. The van der Waals surface area contributed by atoms with Crippen LogP contribution in [0.5, 0.6) is 5.88 Å². The Labute approximate surface area is 116 Å². The molecule has 0 unspecified atom stereocenters. The smallest absolute Gasteiger partial charge is 0.213 e. The first-order chi connectivity index (χ1) is 9.13. The van der Waals surface area contributed by atoms with Crippen LogP contribution in [0.1, 0.15) is 32.0 Å². The Bertz CT molecular complexity index is 367. The van der Waals surface area contributed by atoms with Gasteiger partial charge in [-0.25, -0.2) is 4.98 Å². The van der Waals surface area contributed by atoms with E-state index in [2.05, 4.69) is 30.2 Å². The van der Waals surface area contributed by atoms with E-state index in [4.69, 9.17) is 9.47 Å². The molecule has 0 saturated heterocycles. The maximum absolute atomic E-state index is 5.53. The summed E-state index contributed by atoms with van der Waals surface area (Å²) in [5.41, 5.74) is 2.24. The van der Waals surface area contributed by atoms with Gasteiger partial charge in [0, 0.05) is 24.9 Å². The molecule has 1 aromatic rings. The molecule has 108 valence electrons. The molecule has 0 aliphatic rings. The number of nitrogens with zero attached hydrogens (tertiary/aromatic N) is 1. The summed E-state index contributed by atoms with van der Waals surface area (Å²) in [5, 5.41) is 3.42. The van der Waals surface area contributed by atoms with Crippen molar-refractivity contribution in [3.63, 3.8) is 0 Å². The van der Waals surface area contributed by atoms with E-state index in [0.29, 0.717) is 25.0 Å². The van der Waals surface area contributed by atoms with Crippen LogP contribution >= 0.6 is 0 Å². The molecular weight excluding hydrogens is 240 g/mol. The first-order valence-corrected chi connectivity index (χ1v) is 7.01. The number of rotatable bonds is 9. The molecule has 1 aromatic heterocycles. The van der Waals surface area contributed by atoms with Gasteiger partial charge in [0.2, 0.25) is 5.88 Å². The van der Waals surface area contributed by atoms with Crippen molar-refractivity contribution in [1.82, 2.24) is 10.3 Å². The molecule has 0 bridgehead atoms. The molecule has 0 amide bonds. The van der Waals surface area contributed by atoms with Gasteiger partial charge in [0.15, 0.2) is 0 Å². The summed E-state index contributed by atoms with van der Waals surface area (Å²) in [6, 6.07) is 4.00. The van der Waals surface area contributed by atoms with Gasteiger partial charge >= 0.3 is 0 Å². The molecule has 0 aliphatic heterocycles. The van der Waals surface area contributed by atoms with E-state index in [0.717, 1.165) is 25.4 Å². The van der Waals surface area contributed by atoms with Crippen LogP contribution in [0.2, 0.25) is 0 Å². The third-order valence-electron chi connectivity index (χ3n) is 2.72. The first-order valence-electron chi connectivity index (χ1n) is 7.01. The van der Waals surface area contributed by atoms with E-state index in [1.54, 1.807) is 0 Å². The number of aryl methyl sites for hydroxylation is 1. The fourth-order valence-electron chi connectivity index (χ4n) is 1.68. The second-order valence-electron chi connectivity index (χ2n) is 4.96. The molecule has 0 atom stereocenters. The highest BCUT2D eigenvalue weighted by Gasteiger charge is 2.03. The summed E-state index contributed by atoms with van der Waals surface area (Å²) in [7, 11) is 0. The number of nitrogens with one attached hydrogen (secondary N) is 1. The van der Waals surface area contributed by atoms with Crippen LogP contribution in [0.25, 0.3) is 0 Å². The van der Waals surface area contributed by atoms with E-state index in [1.165, 1.54) is 5.56 Å². The van der Waals surface area contributed by atoms with Crippen molar-refractivity contribution in [3.8, 4) is 5.88 Å². The molecule has 0 saturated carbocycles. The third-order valence-corrected chi connectivity index (χ3v) is 2.72. The largest absolute Gasteiger partial charge is 0.475 e. The third kappa shape index (κ3) is 6.55. The van der Waals surface area contributed by atoms with Gasteiger partial charge in [0.25, 0.3) is 0 Å². The molecule has 0 radical (unpaired) electrons. The lowest BCUT2D eigenvalue weighted by atomic mass is 10.2. The summed E-state index contributed by atoms with van der Waals surface area (Å²) in [6.45, 7) is 12.1. The highest BCUT2D eigenvalue weighted by Crippen LogP contribution is 2.12. The van der Waals surface area contributed by atoms with Crippen molar-refractivity contribution in [2.45, 2.75) is 34.2 Å². The highest BCUT2D eigenvalue weighted by atomic mass is 16.5. The second kappa shape index (κ2) is 8.88. The molecule has 1 N–H and O–H groups in total. The zero-order chi connectivity index (χ0) is 14.1. The molecule has 0 fully saturated rings. The average molecular weight is 266 g/mol. The molecule has 1 heterocycles. The molecule has 0 aliphatic carbocycles. The standard InChI is InChI=1S/C15H26N2O2/c1-5-18-8-9-19-15-7-6-14(13(4)17-15)11-16-10-12(2)3/h6-7,12,16H,5,8-11H2,1-4H3. The van der Waals surface area contributed by atoms with Gasteiger partial charge < -0.3 is 14.8 Å². The predicted octanol–water partition coefficient (Wildman–Crippen LogP) is 2.55. The second-order valence-corrected chi connectivity index (χ2v) is 4.96. The minimum atomic E-state index is 0.547. The zero-order valence-electron chi connectivity index (χ0n) is 12.5. The highest BCUT2D eigenvalue weighted by molar-refractivity contribution is 5.24. The number of hydrogen-bond acceptors (Lipinski definition) is 4. The molecule has 1 rings (SSSR count). The van der Waals surface area contributed by atoms with Crippen molar-refractivity contribution < 1.29 is 9.47 Å². The van der Waals surface area contributed by atoms with Crippen molar-refractivity contribution in [2.24, 2.45) is 5.92 Å². The van der Waals surface area contributed by atoms with Gasteiger partial charge in [0.05, 0.1) is 6.61 Å². The fourth-order valence-corrected chi connectivity index (χ4v) is 1.68. The van der Waals surface area contributed by atoms with E-state index in [9.17, 15) is 0 Å². The van der Waals surface area contributed by atoms with Crippen LogP contribution < -0.4 is 10.1 Å². The van der Waals surface area contributed by atoms with Gasteiger partial charge in [-0.2, -0.15) is 0 Å². The molecular formula is C15H26N2O2. The summed E-state index contributed by atoms with van der Waals surface area (Å²) < 4.78 is 10.8. The lowest BCUT2D eigenvalue weighted by Crippen LogP contribution is -2.19. The number of pyridine rings is 1. The van der Waals surface area contributed by atoms with Crippen molar-refractivity contribution in [3.05, 3.63) is 23.4 Å². The number of ether oxygens (including phenoxy) is 2. The monoisotopic (exact) mass is 266 g/mol. The summed E-state index contributed by atoms with van der Waals surface area (Å²) in [6.07, 6.45) is 0. The Kier molecular flexibility index (Phi) is 7.45. The number of hydrogen-bond donors (Lipinski definition) is 1. The molecule has 19 heavy (non-hydrogen) atoms. The fraction of sp³-hybridized carbons (Fsp3) is 0.667. The Morgan fingerprint density at radius 2 is 2.05 bits per heavy atom. The lowest BCUT2D eigenvalue weighted by Gasteiger charge is -2.11. The van der Waals surface area contributed by atoms with Crippen molar-refractivity contribution in [1.29, 1.82) is 0 Å². The number of aromatic nitrogens is 1. The van der Waals surface area contributed by atoms with Gasteiger partial charge in [-0.1, -0.05) is 19.9 Å². The van der Waals surface area contributed by atoms with Crippen LogP contribution in [0.15, 0.2) is 12.1 Å². The first kappa shape index (κ1) is 15.9. The summed E-state index contributed by atoms with van der Waals surface area (Å²) in [5.74, 6) is 1.33. The minimum absolute atomic E-state index is 0.547. The van der Waals surface area contributed by atoms with Crippen LogP contribution in [0, 0.1) is 12.8 Å². The van der Waals surface area contributed by atoms with Crippen LogP contribution in [0.3, 0.4) is 0 Å². The van der Waals surface area contributed by atoms with Crippen LogP contribution in [-0.2, 0) is 11.3 Å². The maximum atomic E-state index is 5.53. The van der Waals surface area contributed by atoms with Crippen molar-refractivity contribution in [2.75, 3.05) is 26.4 Å². The molecule has 4 heteroatoms. The molecule has 0 aromatic carbocycles. The Morgan fingerprint density at radius 3 is 2.68 bits per heavy atom. The topological polar surface area (TPSA) is 43.4 Å². The van der Waals surface area contributed by atoms with E-state index in [1.807, 2.05) is 19.9 Å². The zero-order valence-corrected chi connectivity index (χ0v) is 12.5. The van der Waals surface area contributed by atoms with Crippen LogP contribution in [0.4, 0.5) is 0 Å². The quantitative estimate of drug-likeness (QED) is 0.698. The van der Waals surface area contributed by atoms with E-state index in [-0.39, 0.29) is 0 Å². The normalized spacial score (nSPS) is 11.0.